The molecule has 4 heteroatoms. The Balaban J connectivity index is 2.25. The van der Waals surface area contributed by atoms with Crippen molar-refractivity contribution in [1.29, 1.82) is 5.26 Å². The van der Waals surface area contributed by atoms with E-state index in [1.54, 1.807) is 24.5 Å². The second-order valence-electron chi connectivity index (χ2n) is 3.68. The first-order valence-corrected chi connectivity index (χ1v) is 5.07. The quantitative estimate of drug-likeness (QED) is 0.857. The van der Waals surface area contributed by atoms with Crippen LogP contribution in [0.15, 0.2) is 36.7 Å². The lowest BCUT2D eigenvalue weighted by Gasteiger charge is -2.06. The summed E-state index contributed by atoms with van der Waals surface area (Å²) >= 11 is 0. The van der Waals surface area contributed by atoms with Crippen LogP contribution in [0.3, 0.4) is 0 Å². The Morgan fingerprint density at radius 3 is 2.71 bits per heavy atom. The van der Waals surface area contributed by atoms with E-state index >= 15 is 0 Å². The molecule has 0 aliphatic carbocycles. The van der Waals surface area contributed by atoms with Crippen LogP contribution in [-0.2, 0) is 0 Å². The van der Waals surface area contributed by atoms with Gasteiger partial charge in [-0.2, -0.15) is 5.26 Å². The molecule has 0 aliphatic rings. The van der Waals surface area contributed by atoms with Gasteiger partial charge in [0.1, 0.15) is 11.9 Å². The van der Waals surface area contributed by atoms with Crippen LogP contribution in [0.5, 0.6) is 0 Å². The normalized spacial score (nSPS) is 9.71. The van der Waals surface area contributed by atoms with Gasteiger partial charge in [-0.05, 0) is 36.8 Å². The van der Waals surface area contributed by atoms with Crippen molar-refractivity contribution in [2.45, 2.75) is 6.92 Å². The van der Waals surface area contributed by atoms with Crippen molar-refractivity contribution in [3.63, 3.8) is 0 Å². The zero-order valence-corrected chi connectivity index (χ0v) is 9.24. The molecular weight excluding hydrogens is 217 g/mol. The van der Waals surface area contributed by atoms with E-state index in [4.69, 9.17) is 5.26 Å². The number of pyridine rings is 1. The standard InChI is InChI=1S/C13H10FN3/c1-9-4-12(8-16-7-9)17-11-3-2-10(6-15)13(14)5-11/h2-5,7-8,17H,1H3. The molecule has 0 amide bonds. The maximum atomic E-state index is 13.4. The molecule has 0 fully saturated rings. The Morgan fingerprint density at radius 2 is 2.06 bits per heavy atom. The maximum absolute atomic E-state index is 13.4. The van der Waals surface area contributed by atoms with E-state index in [2.05, 4.69) is 10.3 Å². The summed E-state index contributed by atoms with van der Waals surface area (Å²) in [4.78, 5) is 4.03. The molecule has 17 heavy (non-hydrogen) atoms. The number of nitrogens with one attached hydrogen (secondary N) is 1. The molecule has 3 nitrogen and oxygen atoms in total. The van der Waals surface area contributed by atoms with Gasteiger partial charge in [-0.15, -0.1) is 0 Å². The van der Waals surface area contributed by atoms with Crippen molar-refractivity contribution in [3.8, 4) is 6.07 Å². The summed E-state index contributed by atoms with van der Waals surface area (Å²) in [6, 6.07) is 8.08. The van der Waals surface area contributed by atoms with Gasteiger partial charge >= 0.3 is 0 Å². The van der Waals surface area contributed by atoms with Gasteiger partial charge in [0.25, 0.3) is 0 Å². The van der Waals surface area contributed by atoms with Crippen LogP contribution in [0.4, 0.5) is 15.8 Å². The highest BCUT2D eigenvalue weighted by Crippen LogP contribution is 2.19. The largest absolute Gasteiger partial charge is 0.354 e. The Kier molecular flexibility index (Phi) is 3.01. The minimum atomic E-state index is -0.530. The summed E-state index contributed by atoms with van der Waals surface area (Å²) < 4.78 is 13.4. The molecule has 0 radical (unpaired) electrons. The number of aryl methyl sites for hydroxylation is 1. The number of anilines is 2. The van der Waals surface area contributed by atoms with Crippen molar-refractivity contribution in [1.82, 2.24) is 4.98 Å². The smallest absolute Gasteiger partial charge is 0.143 e. The highest BCUT2D eigenvalue weighted by molar-refractivity contribution is 5.60. The Hall–Kier alpha value is -2.41. The molecule has 2 aromatic rings. The fourth-order valence-corrected chi connectivity index (χ4v) is 1.47. The molecule has 0 atom stereocenters. The number of halogens is 1. The van der Waals surface area contributed by atoms with Crippen molar-refractivity contribution in [2.24, 2.45) is 0 Å². The molecule has 1 heterocycles. The van der Waals surface area contributed by atoms with Crippen molar-refractivity contribution >= 4 is 11.4 Å². The lowest BCUT2D eigenvalue weighted by Crippen LogP contribution is -1.93. The topological polar surface area (TPSA) is 48.7 Å². The van der Waals surface area contributed by atoms with Crippen LogP contribution in [0.1, 0.15) is 11.1 Å². The van der Waals surface area contributed by atoms with E-state index in [0.717, 1.165) is 11.3 Å². The molecule has 1 aromatic heterocycles. The van der Waals surface area contributed by atoms with Gasteiger partial charge in [-0.3, -0.25) is 4.98 Å². The van der Waals surface area contributed by atoms with Crippen molar-refractivity contribution < 1.29 is 4.39 Å². The van der Waals surface area contributed by atoms with E-state index < -0.39 is 5.82 Å². The molecule has 0 spiro atoms. The van der Waals surface area contributed by atoms with Crippen LogP contribution >= 0.6 is 0 Å². The lowest BCUT2D eigenvalue weighted by atomic mass is 10.2. The first-order valence-electron chi connectivity index (χ1n) is 5.07. The average Bonchev–Trinajstić information content (AvgIpc) is 2.29. The van der Waals surface area contributed by atoms with E-state index in [0.29, 0.717) is 5.69 Å². The highest BCUT2D eigenvalue weighted by Gasteiger charge is 2.03. The van der Waals surface area contributed by atoms with Crippen LogP contribution in [0, 0.1) is 24.1 Å². The third kappa shape index (κ3) is 2.58. The van der Waals surface area contributed by atoms with Crippen molar-refractivity contribution in [2.75, 3.05) is 5.32 Å². The summed E-state index contributed by atoms with van der Waals surface area (Å²) in [6.45, 7) is 1.93. The minimum absolute atomic E-state index is 0.0397. The van der Waals surface area contributed by atoms with E-state index in [-0.39, 0.29) is 5.56 Å². The maximum Gasteiger partial charge on any atom is 0.143 e. The van der Waals surface area contributed by atoms with Gasteiger partial charge < -0.3 is 5.32 Å². The molecule has 0 bridgehead atoms. The third-order valence-corrected chi connectivity index (χ3v) is 2.25. The van der Waals surface area contributed by atoms with E-state index in [9.17, 15) is 4.39 Å². The fourth-order valence-electron chi connectivity index (χ4n) is 1.47. The number of benzene rings is 1. The van der Waals surface area contributed by atoms with Gasteiger partial charge in [0, 0.05) is 11.9 Å². The lowest BCUT2D eigenvalue weighted by molar-refractivity contribution is 0.624. The summed E-state index contributed by atoms with van der Waals surface area (Å²) in [7, 11) is 0. The minimum Gasteiger partial charge on any atom is -0.354 e. The predicted octanol–water partition coefficient (Wildman–Crippen LogP) is 3.14. The second-order valence-corrected chi connectivity index (χ2v) is 3.68. The number of hydrogen-bond acceptors (Lipinski definition) is 3. The Bertz CT molecular complexity index is 587. The fraction of sp³-hybridized carbons (Fsp3) is 0.0769. The van der Waals surface area contributed by atoms with Gasteiger partial charge in [0.05, 0.1) is 17.4 Å². The molecule has 0 unspecified atom stereocenters. The number of nitrogens with zero attached hydrogens (tertiary/aromatic N) is 2. The predicted molar refractivity (Wildman–Crippen MR) is 63.4 cm³/mol. The summed E-state index contributed by atoms with van der Waals surface area (Å²) in [6.07, 6.45) is 3.40. The van der Waals surface area contributed by atoms with Gasteiger partial charge in [-0.1, -0.05) is 0 Å². The molecule has 84 valence electrons. The highest BCUT2D eigenvalue weighted by atomic mass is 19.1. The van der Waals surface area contributed by atoms with Gasteiger partial charge in [-0.25, -0.2) is 4.39 Å². The molecule has 0 aliphatic heterocycles. The first kappa shape index (κ1) is 11.1. The average molecular weight is 227 g/mol. The summed E-state index contributed by atoms with van der Waals surface area (Å²) in [5.41, 5.74) is 2.44. The molecule has 2 rings (SSSR count). The van der Waals surface area contributed by atoms with Crippen molar-refractivity contribution in [3.05, 3.63) is 53.6 Å². The first-order chi connectivity index (χ1) is 8.19. The second kappa shape index (κ2) is 4.62. The molecular formula is C13H10FN3. The molecule has 1 aromatic carbocycles. The summed E-state index contributed by atoms with van der Waals surface area (Å²) in [5.74, 6) is -0.530. The third-order valence-electron chi connectivity index (χ3n) is 2.25. The van der Waals surface area contributed by atoms with Crippen LogP contribution in [0.2, 0.25) is 0 Å². The molecule has 0 saturated heterocycles. The SMILES string of the molecule is Cc1cncc(Nc2ccc(C#N)c(F)c2)c1. The monoisotopic (exact) mass is 227 g/mol. The van der Waals surface area contributed by atoms with Gasteiger partial charge in [0.15, 0.2) is 0 Å². The number of nitriles is 1. The number of hydrogen-bond donors (Lipinski definition) is 1. The van der Waals surface area contributed by atoms with Crippen LogP contribution < -0.4 is 5.32 Å². The van der Waals surface area contributed by atoms with E-state index in [1.807, 2.05) is 13.0 Å². The summed E-state index contributed by atoms with van der Waals surface area (Å²) in [5, 5.41) is 11.6. The number of aromatic nitrogens is 1. The van der Waals surface area contributed by atoms with Crippen LogP contribution in [0.25, 0.3) is 0 Å². The molecule has 1 N–H and O–H groups in total. The van der Waals surface area contributed by atoms with Crippen LogP contribution in [-0.4, -0.2) is 4.98 Å². The van der Waals surface area contributed by atoms with Gasteiger partial charge in [0.2, 0.25) is 0 Å². The Morgan fingerprint density at radius 1 is 1.24 bits per heavy atom. The molecule has 0 saturated carbocycles. The van der Waals surface area contributed by atoms with E-state index in [1.165, 1.54) is 12.1 Å². The number of rotatable bonds is 2. The Labute approximate surface area is 98.5 Å². The zero-order valence-electron chi connectivity index (χ0n) is 9.24. The zero-order chi connectivity index (χ0) is 12.3.